The van der Waals surface area contributed by atoms with Crippen molar-refractivity contribution < 1.29 is 14.7 Å². The highest BCUT2D eigenvalue weighted by Crippen LogP contribution is 2.14. The van der Waals surface area contributed by atoms with E-state index in [1.807, 2.05) is 23.8 Å². The van der Waals surface area contributed by atoms with Gasteiger partial charge in [0.2, 0.25) is 5.91 Å². The van der Waals surface area contributed by atoms with Crippen LogP contribution >= 0.6 is 0 Å². The number of carbonyl (C=O) groups is 2. The van der Waals surface area contributed by atoms with Crippen molar-refractivity contribution in [2.45, 2.75) is 32.4 Å². The van der Waals surface area contributed by atoms with Gasteiger partial charge in [-0.15, -0.1) is 0 Å². The first kappa shape index (κ1) is 15.5. The summed E-state index contributed by atoms with van der Waals surface area (Å²) in [6.45, 7) is 4.28. The molecular formula is C16H22N2O3. The third-order valence-electron chi connectivity index (χ3n) is 4.07. The fourth-order valence-electron chi connectivity index (χ4n) is 2.57. The summed E-state index contributed by atoms with van der Waals surface area (Å²) >= 11 is 0. The van der Waals surface area contributed by atoms with Gasteiger partial charge in [0.05, 0.1) is 11.6 Å². The summed E-state index contributed by atoms with van der Waals surface area (Å²) < 4.78 is 0. The fraction of sp³-hybridized carbons (Fsp3) is 0.500. The monoisotopic (exact) mass is 290 g/mol. The number of benzene rings is 1. The minimum absolute atomic E-state index is 0.165. The molecule has 1 amide bonds. The van der Waals surface area contributed by atoms with E-state index in [0.29, 0.717) is 6.54 Å². The van der Waals surface area contributed by atoms with E-state index >= 15 is 0 Å². The Morgan fingerprint density at radius 3 is 2.33 bits per heavy atom. The zero-order valence-corrected chi connectivity index (χ0v) is 12.6. The molecule has 1 aromatic rings. The van der Waals surface area contributed by atoms with Crippen molar-refractivity contribution in [1.82, 2.24) is 9.80 Å². The van der Waals surface area contributed by atoms with Gasteiger partial charge in [-0.2, -0.15) is 0 Å². The summed E-state index contributed by atoms with van der Waals surface area (Å²) in [6, 6.07) is 6.62. The maximum atomic E-state index is 12.3. The first-order valence-corrected chi connectivity index (χ1v) is 7.30. The Morgan fingerprint density at radius 2 is 1.81 bits per heavy atom. The van der Waals surface area contributed by atoms with E-state index in [9.17, 15) is 9.59 Å². The van der Waals surface area contributed by atoms with Crippen LogP contribution in [0.1, 0.15) is 35.7 Å². The molecule has 0 saturated carbocycles. The second-order valence-electron chi connectivity index (χ2n) is 5.63. The maximum Gasteiger partial charge on any atom is 0.335 e. The molecule has 1 heterocycles. The van der Waals surface area contributed by atoms with Gasteiger partial charge in [-0.1, -0.05) is 12.1 Å². The van der Waals surface area contributed by atoms with Crippen LogP contribution in [0.4, 0.5) is 0 Å². The van der Waals surface area contributed by atoms with Crippen LogP contribution in [-0.2, 0) is 11.3 Å². The highest BCUT2D eigenvalue weighted by molar-refractivity contribution is 5.87. The molecule has 114 valence electrons. The first-order chi connectivity index (χ1) is 9.99. The van der Waals surface area contributed by atoms with Gasteiger partial charge < -0.3 is 10.0 Å². The number of aromatic carboxylic acids is 1. The Morgan fingerprint density at radius 1 is 1.24 bits per heavy atom. The third-order valence-corrected chi connectivity index (χ3v) is 4.07. The normalized spacial score (nSPS) is 16.2. The molecule has 1 atom stereocenters. The molecule has 1 N–H and O–H groups in total. The highest BCUT2D eigenvalue weighted by Gasteiger charge is 2.25. The van der Waals surface area contributed by atoms with Crippen LogP contribution in [-0.4, -0.2) is 53.0 Å². The number of rotatable bonds is 5. The number of carbonyl (C=O) groups excluding carboxylic acids is 1. The quantitative estimate of drug-likeness (QED) is 0.898. The molecule has 1 aliphatic rings. The average molecular weight is 290 g/mol. The van der Waals surface area contributed by atoms with Crippen molar-refractivity contribution >= 4 is 11.9 Å². The molecule has 2 rings (SSSR count). The van der Waals surface area contributed by atoms with Crippen LogP contribution < -0.4 is 0 Å². The minimum atomic E-state index is -0.924. The number of hydrogen-bond donors (Lipinski definition) is 1. The minimum Gasteiger partial charge on any atom is -0.478 e. The molecule has 0 radical (unpaired) electrons. The molecule has 1 unspecified atom stereocenters. The van der Waals surface area contributed by atoms with Crippen molar-refractivity contribution in [2.24, 2.45) is 0 Å². The topological polar surface area (TPSA) is 60.9 Å². The summed E-state index contributed by atoms with van der Waals surface area (Å²) in [7, 11) is 1.92. The number of likely N-dealkylation sites (tertiary alicyclic amines) is 1. The predicted octanol–water partition coefficient (Wildman–Crippen LogP) is 1.83. The lowest BCUT2D eigenvalue weighted by molar-refractivity contribution is -0.135. The lowest BCUT2D eigenvalue weighted by Gasteiger charge is -2.28. The van der Waals surface area contributed by atoms with Crippen LogP contribution in [0.5, 0.6) is 0 Å². The number of carboxylic acid groups (broad SMARTS) is 1. The molecule has 1 saturated heterocycles. The number of nitrogens with zero attached hydrogens (tertiary/aromatic N) is 2. The number of amides is 1. The van der Waals surface area contributed by atoms with E-state index in [0.717, 1.165) is 31.5 Å². The molecule has 21 heavy (non-hydrogen) atoms. The van der Waals surface area contributed by atoms with Crippen molar-refractivity contribution in [1.29, 1.82) is 0 Å². The second-order valence-corrected chi connectivity index (χ2v) is 5.63. The first-order valence-electron chi connectivity index (χ1n) is 7.30. The molecule has 0 spiro atoms. The van der Waals surface area contributed by atoms with Gasteiger partial charge in [0.1, 0.15) is 0 Å². The zero-order valence-electron chi connectivity index (χ0n) is 12.6. The van der Waals surface area contributed by atoms with Gasteiger partial charge in [0.15, 0.2) is 0 Å². The van der Waals surface area contributed by atoms with Gasteiger partial charge in [-0.3, -0.25) is 9.69 Å². The summed E-state index contributed by atoms with van der Waals surface area (Å²) in [5.74, 6) is -0.746. The van der Waals surface area contributed by atoms with E-state index < -0.39 is 5.97 Å². The third kappa shape index (κ3) is 3.82. The summed E-state index contributed by atoms with van der Waals surface area (Å²) in [5, 5.41) is 8.88. The van der Waals surface area contributed by atoms with Crippen LogP contribution in [0.2, 0.25) is 0 Å². The van der Waals surface area contributed by atoms with Crippen LogP contribution in [0.15, 0.2) is 24.3 Å². The molecule has 0 aliphatic carbocycles. The van der Waals surface area contributed by atoms with Crippen molar-refractivity contribution in [3.05, 3.63) is 35.4 Å². The van der Waals surface area contributed by atoms with E-state index in [4.69, 9.17) is 5.11 Å². The maximum absolute atomic E-state index is 12.3. The Labute approximate surface area is 125 Å². The van der Waals surface area contributed by atoms with Gasteiger partial charge in [0.25, 0.3) is 0 Å². The molecule has 1 aliphatic heterocycles. The smallest absolute Gasteiger partial charge is 0.335 e. The Balaban J connectivity index is 1.94. The van der Waals surface area contributed by atoms with Crippen molar-refractivity contribution in [3.63, 3.8) is 0 Å². The predicted molar refractivity (Wildman–Crippen MR) is 80.1 cm³/mol. The number of likely N-dealkylation sites (N-methyl/N-ethyl adjacent to an activating group) is 1. The zero-order chi connectivity index (χ0) is 15.4. The molecule has 5 heteroatoms. The fourth-order valence-corrected chi connectivity index (χ4v) is 2.57. The Bertz CT molecular complexity index is 507. The van der Waals surface area contributed by atoms with Gasteiger partial charge in [0, 0.05) is 19.6 Å². The Hall–Kier alpha value is -1.88. The highest BCUT2D eigenvalue weighted by atomic mass is 16.4. The van der Waals surface area contributed by atoms with E-state index in [1.54, 1.807) is 24.3 Å². The molecule has 0 bridgehead atoms. The second kappa shape index (κ2) is 6.72. The molecule has 5 nitrogen and oxygen atoms in total. The lowest BCUT2D eigenvalue weighted by Crippen LogP contribution is -2.44. The van der Waals surface area contributed by atoms with Gasteiger partial charge in [-0.05, 0) is 44.5 Å². The summed E-state index contributed by atoms with van der Waals surface area (Å²) in [6.07, 6.45) is 2.19. The SMILES string of the molecule is CC(C(=O)N1CCCC1)N(C)Cc1ccc(C(=O)O)cc1. The van der Waals surface area contributed by atoms with Crippen molar-refractivity contribution in [3.8, 4) is 0 Å². The molecular weight excluding hydrogens is 268 g/mol. The van der Waals surface area contributed by atoms with E-state index in [-0.39, 0.29) is 17.5 Å². The van der Waals surface area contributed by atoms with Crippen LogP contribution in [0.3, 0.4) is 0 Å². The average Bonchev–Trinajstić information content (AvgIpc) is 3.00. The van der Waals surface area contributed by atoms with E-state index in [1.165, 1.54) is 0 Å². The van der Waals surface area contributed by atoms with Crippen LogP contribution in [0, 0.1) is 0 Å². The summed E-state index contributed by atoms with van der Waals surface area (Å²) in [5.41, 5.74) is 1.28. The number of hydrogen-bond acceptors (Lipinski definition) is 3. The molecule has 1 aromatic carbocycles. The van der Waals surface area contributed by atoms with Crippen LogP contribution in [0.25, 0.3) is 0 Å². The standard InChI is InChI=1S/C16H22N2O3/c1-12(15(19)18-9-3-4-10-18)17(2)11-13-5-7-14(8-6-13)16(20)21/h5-8,12H,3-4,9-11H2,1-2H3,(H,20,21). The van der Waals surface area contributed by atoms with E-state index in [2.05, 4.69) is 0 Å². The molecule has 1 fully saturated rings. The summed E-state index contributed by atoms with van der Waals surface area (Å²) in [4.78, 5) is 27.1. The Kier molecular flexibility index (Phi) is 4.96. The lowest BCUT2D eigenvalue weighted by atomic mass is 10.1. The largest absolute Gasteiger partial charge is 0.478 e. The van der Waals surface area contributed by atoms with Gasteiger partial charge >= 0.3 is 5.97 Å². The molecule has 0 aromatic heterocycles. The number of carboxylic acids is 1. The van der Waals surface area contributed by atoms with Gasteiger partial charge in [-0.25, -0.2) is 4.79 Å². The van der Waals surface area contributed by atoms with Crippen molar-refractivity contribution in [2.75, 3.05) is 20.1 Å².